The Morgan fingerprint density at radius 1 is 0.966 bits per heavy atom. The average molecular weight is 380 g/mol. The van der Waals surface area contributed by atoms with Gasteiger partial charge in [0.05, 0.1) is 5.69 Å². The highest BCUT2D eigenvalue weighted by atomic mass is 16.1. The fourth-order valence-corrected chi connectivity index (χ4v) is 4.71. The third kappa shape index (κ3) is 3.17. The molecule has 144 valence electrons. The van der Waals surface area contributed by atoms with Crippen molar-refractivity contribution >= 4 is 16.6 Å². The van der Waals surface area contributed by atoms with Crippen LogP contribution in [0.5, 0.6) is 0 Å². The van der Waals surface area contributed by atoms with Crippen molar-refractivity contribution in [2.45, 2.75) is 33.1 Å². The van der Waals surface area contributed by atoms with E-state index in [1.165, 1.54) is 16.3 Å². The van der Waals surface area contributed by atoms with Gasteiger partial charge in [0.1, 0.15) is 0 Å². The van der Waals surface area contributed by atoms with Crippen molar-refractivity contribution in [2.24, 2.45) is 5.41 Å². The number of fused-ring (bicyclic) bond motifs is 2. The lowest BCUT2D eigenvalue weighted by Gasteiger charge is -2.28. The first-order valence-corrected chi connectivity index (χ1v) is 10.2. The first-order valence-electron chi connectivity index (χ1n) is 10.2. The first kappa shape index (κ1) is 17.9. The van der Waals surface area contributed by atoms with Gasteiger partial charge in [-0.15, -0.1) is 0 Å². The van der Waals surface area contributed by atoms with Crippen LogP contribution in [0.4, 0.5) is 0 Å². The van der Waals surface area contributed by atoms with E-state index < -0.39 is 0 Å². The second-order valence-corrected chi connectivity index (χ2v) is 8.82. The number of aromatic amines is 1. The van der Waals surface area contributed by atoms with Crippen LogP contribution in [-0.4, -0.2) is 15.8 Å². The molecule has 0 bridgehead atoms. The summed E-state index contributed by atoms with van der Waals surface area (Å²) < 4.78 is 0. The van der Waals surface area contributed by atoms with Crippen molar-refractivity contribution in [3.8, 4) is 11.3 Å². The molecule has 2 aromatic heterocycles. The Bertz CT molecular complexity index is 1210. The molecule has 0 unspecified atom stereocenters. The monoisotopic (exact) mass is 380 g/mol. The van der Waals surface area contributed by atoms with Crippen LogP contribution in [0.3, 0.4) is 0 Å². The number of carbonyl (C=O) groups excluding carboxylic acids is 1. The number of carbonyl (C=O) groups is 1. The van der Waals surface area contributed by atoms with Gasteiger partial charge in [-0.3, -0.25) is 9.78 Å². The number of nitrogens with zero attached hydrogens (tertiary/aromatic N) is 1. The predicted molar refractivity (Wildman–Crippen MR) is 117 cm³/mol. The number of rotatable bonds is 3. The molecule has 0 saturated carbocycles. The molecule has 0 atom stereocenters. The first-order chi connectivity index (χ1) is 14.0. The van der Waals surface area contributed by atoms with Crippen LogP contribution in [0.15, 0.2) is 67.0 Å². The maximum absolute atomic E-state index is 13.2. The van der Waals surface area contributed by atoms with Crippen LogP contribution >= 0.6 is 0 Å². The molecular formula is C26H24N2O. The van der Waals surface area contributed by atoms with Crippen molar-refractivity contribution in [1.29, 1.82) is 0 Å². The molecule has 2 heterocycles. The largest absolute Gasteiger partial charge is 0.358 e. The number of ketones is 1. The Labute approximate surface area is 170 Å². The second-order valence-electron chi connectivity index (χ2n) is 8.82. The molecule has 0 aliphatic heterocycles. The summed E-state index contributed by atoms with van der Waals surface area (Å²) in [7, 11) is 0. The third-order valence-corrected chi connectivity index (χ3v) is 5.97. The van der Waals surface area contributed by atoms with Crippen molar-refractivity contribution in [3.05, 3.63) is 89.4 Å². The van der Waals surface area contributed by atoms with Gasteiger partial charge >= 0.3 is 0 Å². The highest BCUT2D eigenvalue weighted by molar-refractivity contribution is 6.02. The zero-order chi connectivity index (χ0) is 20.0. The summed E-state index contributed by atoms with van der Waals surface area (Å²) in [6.45, 7) is 4.34. The highest BCUT2D eigenvalue weighted by Gasteiger charge is 2.35. The van der Waals surface area contributed by atoms with E-state index in [0.29, 0.717) is 6.42 Å². The maximum Gasteiger partial charge on any atom is 0.165 e. The van der Waals surface area contributed by atoms with E-state index in [0.717, 1.165) is 40.9 Å². The predicted octanol–water partition coefficient (Wildman–Crippen LogP) is 5.98. The van der Waals surface area contributed by atoms with E-state index in [2.05, 4.69) is 66.3 Å². The summed E-state index contributed by atoms with van der Waals surface area (Å²) in [6, 6.07) is 18.9. The molecule has 5 rings (SSSR count). The Balaban J connectivity index is 1.71. The molecule has 0 radical (unpaired) electrons. The van der Waals surface area contributed by atoms with E-state index >= 15 is 0 Å². The van der Waals surface area contributed by atoms with Gasteiger partial charge in [-0.25, -0.2) is 0 Å². The molecule has 3 nitrogen and oxygen atoms in total. The maximum atomic E-state index is 13.2. The molecule has 1 aliphatic rings. The number of H-pyrrole nitrogens is 1. The smallest absolute Gasteiger partial charge is 0.165 e. The Morgan fingerprint density at radius 2 is 1.72 bits per heavy atom. The van der Waals surface area contributed by atoms with Crippen LogP contribution in [0, 0.1) is 5.41 Å². The summed E-state index contributed by atoms with van der Waals surface area (Å²) in [6.07, 6.45) is 5.83. The topological polar surface area (TPSA) is 45.8 Å². The fourth-order valence-electron chi connectivity index (χ4n) is 4.71. The molecule has 0 amide bonds. The summed E-state index contributed by atoms with van der Waals surface area (Å²) in [4.78, 5) is 21.0. The number of Topliss-reactive ketones (excluding diaryl/α,β-unsaturated/α-hetero) is 1. The summed E-state index contributed by atoms with van der Waals surface area (Å²) in [5, 5.41) is 2.47. The summed E-state index contributed by atoms with van der Waals surface area (Å²) in [5.74, 6) is 0.253. The molecule has 0 spiro atoms. The molecular weight excluding hydrogens is 356 g/mol. The minimum atomic E-state index is -0.0127. The number of aromatic nitrogens is 2. The second kappa shape index (κ2) is 6.70. The quantitative estimate of drug-likeness (QED) is 0.475. The normalized spacial score (nSPS) is 15.4. The van der Waals surface area contributed by atoms with Crippen molar-refractivity contribution in [3.63, 3.8) is 0 Å². The number of benzene rings is 2. The lowest BCUT2D eigenvalue weighted by atomic mass is 9.75. The number of pyridine rings is 1. The van der Waals surface area contributed by atoms with Gasteiger partial charge < -0.3 is 4.98 Å². The zero-order valence-corrected chi connectivity index (χ0v) is 16.8. The van der Waals surface area contributed by atoms with Crippen molar-refractivity contribution < 1.29 is 4.79 Å². The molecule has 4 aromatic rings. The molecule has 2 aromatic carbocycles. The van der Waals surface area contributed by atoms with E-state index in [-0.39, 0.29) is 11.2 Å². The van der Waals surface area contributed by atoms with Crippen LogP contribution in [0.2, 0.25) is 0 Å². The third-order valence-electron chi connectivity index (χ3n) is 5.97. The molecule has 1 aliphatic carbocycles. The van der Waals surface area contributed by atoms with Crippen molar-refractivity contribution in [2.75, 3.05) is 0 Å². The molecule has 29 heavy (non-hydrogen) atoms. The Kier molecular flexibility index (Phi) is 4.13. The lowest BCUT2D eigenvalue weighted by molar-refractivity contribution is 0.0911. The minimum Gasteiger partial charge on any atom is -0.358 e. The van der Waals surface area contributed by atoms with Crippen LogP contribution < -0.4 is 0 Å². The fraction of sp³-hybridized carbons (Fsp3) is 0.231. The molecule has 3 heteroatoms. The minimum absolute atomic E-state index is 0.0127. The van der Waals surface area contributed by atoms with Crippen LogP contribution in [0.1, 0.15) is 47.4 Å². The van der Waals surface area contributed by atoms with Crippen LogP contribution in [-0.2, 0) is 12.8 Å². The Hall–Kier alpha value is -3.20. The van der Waals surface area contributed by atoms with Gasteiger partial charge in [-0.2, -0.15) is 0 Å². The van der Waals surface area contributed by atoms with E-state index in [1.54, 1.807) is 0 Å². The van der Waals surface area contributed by atoms with Gasteiger partial charge in [0.25, 0.3) is 0 Å². The summed E-state index contributed by atoms with van der Waals surface area (Å²) in [5.41, 5.74) is 6.46. The van der Waals surface area contributed by atoms with E-state index in [4.69, 9.17) is 0 Å². The Morgan fingerprint density at radius 3 is 2.55 bits per heavy atom. The number of nitrogens with one attached hydrogen (secondary N) is 1. The van der Waals surface area contributed by atoms with Gasteiger partial charge in [0.15, 0.2) is 5.78 Å². The molecule has 1 N–H and O–H groups in total. The average Bonchev–Trinajstić information content (AvgIpc) is 3.06. The van der Waals surface area contributed by atoms with Gasteiger partial charge in [-0.1, -0.05) is 56.3 Å². The van der Waals surface area contributed by atoms with Crippen LogP contribution in [0.25, 0.3) is 22.0 Å². The lowest BCUT2D eigenvalue weighted by Crippen LogP contribution is -2.27. The van der Waals surface area contributed by atoms with Gasteiger partial charge in [0, 0.05) is 42.1 Å². The van der Waals surface area contributed by atoms with Gasteiger partial charge in [0.2, 0.25) is 0 Å². The standard InChI is InChI=1S/C26H24N2O/c1-26(2)15-22-24(23(29)16-26)21(25(28-22)18-10-12-27-13-11-18)14-19-8-5-7-17-6-3-4-9-20(17)19/h3-13,28H,14-16H2,1-2H3. The van der Waals surface area contributed by atoms with Gasteiger partial charge in [-0.05, 0) is 45.9 Å². The van der Waals surface area contributed by atoms with E-state index in [1.807, 2.05) is 24.5 Å². The van der Waals surface area contributed by atoms with Crippen molar-refractivity contribution in [1.82, 2.24) is 9.97 Å². The number of hydrogen-bond donors (Lipinski definition) is 1. The zero-order valence-electron chi connectivity index (χ0n) is 16.8. The van der Waals surface area contributed by atoms with E-state index in [9.17, 15) is 4.79 Å². The highest BCUT2D eigenvalue weighted by Crippen LogP contribution is 2.40. The molecule has 0 fully saturated rings. The molecule has 0 saturated heterocycles. The number of hydrogen-bond acceptors (Lipinski definition) is 2. The summed E-state index contributed by atoms with van der Waals surface area (Å²) >= 11 is 0. The SMILES string of the molecule is CC1(C)CC(=O)c2c([nH]c(-c3ccncc3)c2Cc2cccc3ccccc23)C1.